The minimum Gasteiger partial charge on any atom is -0.394 e. The molecular weight excluding hydrogens is 512 g/mol. The van der Waals surface area contributed by atoms with Crippen molar-refractivity contribution in [1.82, 2.24) is 24.3 Å². The molecule has 0 aliphatic carbocycles. The van der Waals surface area contributed by atoms with Crippen molar-refractivity contribution in [3.8, 4) is 5.69 Å². The molecule has 0 saturated carbocycles. The molecule has 12 nitrogen and oxygen atoms in total. The van der Waals surface area contributed by atoms with E-state index in [0.29, 0.717) is 37.8 Å². The monoisotopic (exact) mass is 554 g/mol. The van der Waals surface area contributed by atoms with Gasteiger partial charge in [0.05, 0.1) is 12.3 Å². The summed E-state index contributed by atoms with van der Waals surface area (Å²) in [4.78, 5) is 47.5. The zero-order valence-corrected chi connectivity index (χ0v) is 23.5. The number of carbonyl (C=O) groups is 2. The summed E-state index contributed by atoms with van der Waals surface area (Å²) in [5.74, 6) is 0.360. The largest absolute Gasteiger partial charge is 0.394 e. The van der Waals surface area contributed by atoms with E-state index in [4.69, 9.17) is 11.5 Å². The first-order chi connectivity index (χ1) is 19.1. The number of nitrogens with one attached hydrogen (secondary N) is 1. The van der Waals surface area contributed by atoms with E-state index in [1.807, 2.05) is 24.3 Å². The van der Waals surface area contributed by atoms with Crippen LogP contribution in [0.25, 0.3) is 5.69 Å². The molecule has 12 heteroatoms. The van der Waals surface area contributed by atoms with E-state index in [1.165, 1.54) is 22.0 Å². The van der Waals surface area contributed by atoms with Gasteiger partial charge in [-0.2, -0.15) is 4.98 Å². The first-order valence-corrected chi connectivity index (χ1v) is 14.0. The first kappa shape index (κ1) is 29.7. The number of anilines is 1. The Hall–Kier alpha value is -3.32. The number of hydrogen-bond donors (Lipinski definition) is 4. The van der Waals surface area contributed by atoms with Crippen LogP contribution in [0.3, 0.4) is 0 Å². The van der Waals surface area contributed by atoms with Crippen LogP contribution in [0.15, 0.2) is 41.3 Å². The van der Waals surface area contributed by atoms with Gasteiger partial charge in [-0.1, -0.05) is 19.1 Å². The highest BCUT2D eigenvalue weighted by molar-refractivity contribution is 5.89. The maximum atomic E-state index is 12.7. The van der Waals surface area contributed by atoms with Crippen molar-refractivity contribution in [1.29, 1.82) is 0 Å². The quantitative estimate of drug-likeness (QED) is 0.378. The fourth-order valence-electron chi connectivity index (χ4n) is 5.06. The predicted molar refractivity (Wildman–Crippen MR) is 153 cm³/mol. The smallest absolute Gasteiger partial charge is 0.354 e. The molecule has 2 fully saturated rings. The molecule has 0 unspecified atom stereocenters. The van der Waals surface area contributed by atoms with Crippen molar-refractivity contribution in [3.05, 3.63) is 52.6 Å². The summed E-state index contributed by atoms with van der Waals surface area (Å²) < 4.78 is 1.44. The van der Waals surface area contributed by atoms with Gasteiger partial charge in [-0.25, -0.2) is 9.59 Å². The van der Waals surface area contributed by atoms with Crippen LogP contribution in [0, 0.1) is 5.92 Å². The lowest BCUT2D eigenvalue weighted by molar-refractivity contribution is -0.139. The van der Waals surface area contributed by atoms with Crippen molar-refractivity contribution >= 4 is 17.8 Å². The summed E-state index contributed by atoms with van der Waals surface area (Å²) >= 11 is 0. The van der Waals surface area contributed by atoms with E-state index < -0.39 is 23.9 Å². The molecule has 1 aromatic heterocycles. The topological polar surface area (TPSA) is 163 Å². The number of amides is 3. The Labute approximate surface area is 234 Å². The average molecular weight is 555 g/mol. The SMILES string of the molecule is C[C@@H]1CCN(CCc2ccc(-n3ccc(NC(=O)N4CCN(C(=O)[C@@](C)(N)CO)CC4)nc3=O)cc2)CC[C@H]1N. The predicted octanol–water partition coefficient (Wildman–Crippen LogP) is 0.220. The second-order valence-corrected chi connectivity index (χ2v) is 11.2. The van der Waals surface area contributed by atoms with Gasteiger partial charge in [-0.05, 0) is 69.0 Å². The Morgan fingerprint density at radius 3 is 2.35 bits per heavy atom. The van der Waals surface area contributed by atoms with Crippen LogP contribution >= 0.6 is 0 Å². The molecule has 4 rings (SSSR count). The molecule has 0 bridgehead atoms. The second kappa shape index (κ2) is 12.9. The van der Waals surface area contributed by atoms with E-state index in [0.717, 1.165) is 38.9 Å². The number of aliphatic hydroxyl groups excluding tert-OH is 1. The highest BCUT2D eigenvalue weighted by Gasteiger charge is 2.34. The Morgan fingerprint density at radius 2 is 1.70 bits per heavy atom. The minimum absolute atomic E-state index is 0.155. The van der Waals surface area contributed by atoms with Crippen LogP contribution in [0.1, 0.15) is 32.3 Å². The number of aromatic nitrogens is 2. The molecule has 218 valence electrons. The van der Waals surface area contributed by atoms with Crippen molar-refractivity contribution in [2.75, 3.05) is 57.7 Å². The second-order valence-electron chi connectivity index (χ2n) is 11.2. The lowest BCUT2D eigenvalue weighted by atomic mass is 9.98. The molecule has 0 radical (unpaired) electrons. The Kier molecular flexibility index (Phi) is 9.56. The lowest BCUT2D eigenvalue weighted by Gasteiger charge is -2.37. The molecule has 3 heterocycles. The molecule has 6 N–H and O–H groups in total. The zero-order valence-electron chi connectivity index (χ0n) is 23.5. The maximum absolute atomic E-state index is 12.7. The van der Waals surface area contributed by atoms with Crippen molar-refractivity contribution in [2.24, 2.45) is 17.4 Å². The summed E-state index contributed by atoms with van der Waals surface area (Å²) in [7, 11) is 0. The third-order valence-electron chi connectivity index (χ3n) is 8.05. The Balaban J connectivity index is 1.29. The van der Waals surface area contributed by atoms with Crippen LogP contribution in [0.4, 0.5) is 10.6 Å². The number of benzene rings is 1. The summed E-state index contributed by atoms with van der Waals surface area (Å²) in [5.41, 5.74) is 12.1. The fourth-order valence-corrected chi connectivity index (χ4v) is 5.06. The van der Waals surface area contributed by atoms with E-state index in [9.17, 15) is 19.5 Å². The Bertz CT molecular complexity index is 1210. The third kappa shape index (κ3) is 7.25. The number of nitrogens with two attached hydrogens (primary N) is 2. The summed E-state index contributed by atoms with van der Waals surface area (Å²) in [6.07, 6.45) is 4.68. The average Bonchev–Trinajstić information content (AvgIpc) is 3.12. The van der Waals surface area contributed by atoms with Crippen molar-refractivity contribution in [3.63, 3.8) is 0 Å². The molecule has 2 aromatic rings. The summed E-state index contributed by atoms with van der Waals surface area (Å²) in [6.45, 7) is 7.54. The number of hydrogen-bond acceptors (Lipinski definition) is 8. The fraction of sp³-hybridized carbons (Fsp3) is 0.571. The van der Waals surface area contributed by atoms with Crippen LogP contribution in [-0.2, 0) is 11.2 Å². The summed E-state index contributed by atoms with van der Waals surface area (Å²) in [5, 5.41) is 12.0. The van der Waals surface area contributed by atoms with E-state index in [1.54, 1.807) is 17.2 Å². The number of rotatable bonds is 7. The van der Waals surface area contributed by atoms with Gasteiger partial charge in [0.15, 0.2) is 0 Å². The first-order valence-electron chi connectivity index (χ1n) is 14.0. The zero-order chi connectivity index (χ0) is 28.9. The Morgan fingerprint density at radius 1 is 1.05 bits per heavy atom. The molecule has 0 spiro atoms. The van der Waals surface area contributed by atoms with Crippen LogP contribution in [-0.4, -0.2) is 105 Å². The lowest BCUT2D eigenvalue weighted by Crippen LogP contribution is -2.60. The van der Waals surface area contributed by atoms with Crippen LogP contribution < -0.4 is 22.5 Å². The number of carbonyl (C=O) groups excluding carboxylic acids is 2. The number of nitrogens with zero attached hydrogens (tertiary/aromatic N) is 5. The maximum Gasteiger partial charge on any atom is 0.354 e. The van der Waals surface area contributed by atoms with Crippen LogP contribution in [0.2, 0.25) is 0 Å². The molecule has 2 saturated heterocycles. The van der Waals surface area contributed by atoms with Gasteiger partial charge < -0.3 is 31.3 Å². The number of likely N-dealkylation sites (tertiary alicyclic amines) is 1. The van der Waals surface area contributed by atoms with Gasteiger partial charge in [0.1, 0.15) is 11.4 Å². The van der Waals surface area contributed by atoms with Crippen LogP contribution in [0.5, 0.6) is 0 Å². The van der Waals surface area contributed by atoms with Gasteiger partial charge in [-0.15, -0.1) is 0 Å². The van der Waals surface area contributed by atoms with Gasteiger partial charge >= 0.3 is 11.7 Å². The number of piperazine rings is 1. The van der Waals surface area contributed by atoms with Crippen molar-refractivity contribution in [2.45, 2.75) is 44.7 Å². The molecule has 2 aliphatic heterocycles. The van der Waals surface area contributed by atoms with E-state index in [-0.39, 0.29) is 17.8 Å². The molecule has 3 amide bonds. The standard InChI is InChI=1S/C28H42N8O4/c1-20-7-11-33(13-9-23(20)29)12-8-21-3-5-22(6-4-21)36-14-10-24(32-27(36)40)31-26(39)35-17-15-34(16-18-35)25(38)28(2,30)19-37/h3-6,10,14,20,23,37H,7-9,11-13,15-19,29-30H2,1-2H3,(H,31,32,39,40)/t20-,23-,28+/m1/s1. The highest BCUT2D eigenvalue weighted by atomic mass is 16.3. The third-order valence-corrected chi connectivity index (χ3v) is 8.05. The van der Waals surface area contributed by atoms with Gasteiger partial charge in [0.2, 0.25) is 5.91 Å². The number of aliphatic hydroxyl groups is 1. The molecule has 40 heavy (non-hydrogen) atoms. The normalized spacial score (nSPS) is 21.9. The highest BCUT2D eigenvalue weighted by Crippen LogP contribution is 2.17. The van der Waals surface area contributed by atoms with Crippen molar-refractivity contribution < 1.29 is 14.7 Å². The van der Waals surface area contributed by atoms with E-state index >= 15 is 0 Å². The van der Waals surface area contributed by atoms with E-state index in [2.05, 4.69) is 22.1 Å². The van der Waals surface area contributed by atoms with Gasteiger partial charge in [0, 0.05) is 45.0 Å². The molecule has 1 aromatic carbocycles. The molecule has 2 aliphatic rings. The van der Waals surface area contributed by atoms with Gasteiger partial charge in [0.25, 0.3) is 0 Å². The molecular formula is C28H42N8O4. The summed E-state index contributed by atoms with van der Waals surface area (Å²) in [6, 6.07) is 9.33. The number of urea groups is 1. The van der Waals surface area contributed by atoms with Gasteiger partial charge in [-0.3, -0.25) is 14.7 Å². The minimum atomic E-state index is -1.35. The molecule has 3 atom stereocenters.